The number of hydrogen-bond donors (Lipinski definition) is 1. The smallest absolute Gasteiger partial charge is 0.264 e. The first-order chi connectivity index (χ1) is 14.3. The van der Waals surface area contributed by atoms with Gasteiger partial charge < -0.3 is 5.32 Å². The van der Waals surface area contributed by atoms with E-state index < -0.39 is 0 Å². The lowest BCUT2D eigenvalue weighted by atomic mass is 10.1. The molecule has 152 valence electrons. The van der Waals surface area contributed by atoms with E-state index in [-0.39, 0.29) is 18.0 Å². The van der Waals surface area contributed by atoms with Gasteiger partial charge in [-0.05, 0) is 62.1 Å². The van der Waals surface area contributed by atoms with Crippen molar-refractivity contribution >= 4 is 22.6 Å². The number of fused-ring (bicyclic) bond motifs is 1. The molecule has 7 nitrogen and oxygen atoms in total. The van der Waals surface area contributed by atoms with E-state index >= 15 is 0 Å². The molecule has 2 heterocycles. The van der Waals surface area contributed by atoms with Crippen molar-refractivity contribution in [3.8, 4) is 5.69 Å². The molecule has 0 atom stereocenters. The van der Waals surface area contributed by atoms with Crippen LogP contribution in [-0.4, -0.2) is 25.2 Å². The van der Waals surface area contributed by atoms with Crippen LogP contribution < -0.4 is 10.9 Å². The minimum Gasteiger partial charge on any atom is -0.324 e. The fourth-order valence-corrected chi connectivity index (χ4v) is 3.42. The molecule has 0 bridgehead atoms. The third-order valence-electron chi connectivity index (χ3n) is 5.34. The van der Waals surface area contributed by atoms with Crippen LogP contribution >= 0.6 is 0 Å². The van der Waals surface area contributed by atoms with E-state index in [0.29, 0.717) is 11.0 Å². The second kappa shape index (κ2) is 7.59. The summed E-state index contributed by atoms with van der Waals surface area (Å²) in [5, 5.41) is 7.62. The summed E-state index contributed by atoms with van der Waals surface area (Å²) in [6.45, 7) is 7.81. The van der Waals surface area contributed by atoms with Gasteiger partial charge in [-0.2, -0.15) is 5.10 Å². The Labute approximate surface area is 174 Å². The molecular weight excluding hydrogens is 378 g/mol. The van der Waals surface area contributed by atoms with E-state index in [1.54, 1.807) is 4.68 Å². The van der Waals surface area contributed by atoms with Gasteiger partial charge in [0, 0.05) is 5.69 Å². The maximum atomic E-state index is 12.9. The van der Waals surface area contributed by atoms with E-state index in [1.807, 2.05) is 64.1 Å². The lowest BCUT2D eigenvalue weighted by Crippen LogP contribution is -2.28. The molecule has 2 aromatic heterocycles. The number of rotatable bonds is 4. The third kappa shape index (κ3) is 3.50. The fourth-order valence-electron chi connectivity index (χ4n) is 3.42. The first kappa shape index (κ1) is 19.6. The Hall–Kier alpha value is -3.74. The predicted octanol–water partition coefficient (Wildman–Crippen LogP) is 3.45. The van der Waals surface area contributed by atoms with Gasteiger partial charge in [0.25, 0.3) is 5.56 Å². The number of aryl methyl sites for hydroxylation is 3. The molecule has 0 aliphatic heterocycles. The highest BCUT2D eigenvalue weighted by molar-refractivity contribution is 5.91. The molecule has 1 amide bonds. The lowest BCUT2D eigenvalue weighted by Gasteiger charge is -2.11. The molecule has 0 saturated heterocycles. The second-order valence-corrected chi connectivity index (χ2v) is 7.56. The fraction of sp³-hybridized carbons (Fsp3) is 0.217. The van der Waals surface area contributed by atoms with Gasteiger partial charge >= 0.3 is 0 Å². The monoisotopic (exact) mass is 401 g/mol. The number of nitrogens with zero attached hydrogens (tertiary/aromatic N) is 4. The first-order valence-electron chi connectivity index (χ1n) is 9.72. The van der Waals surface area contributed by atoms with Gasteiger partial charge in [-0.15, -0.1) is 0 Å². The van der Waals surface area contributed by atoms with Crippen LogP contribution in [0.1, 0.15) is 22.3 Å². The van der Waals surface area contributed by atoms with Gasteiger partial charge in [0.2, 0.25) is 5.91 Å². The van der Waals surface area contributed by atoms with Crippen LogP contribution in [0.25, 0.3) is 16.7 Å². The lowest BCUT2D eigenvalue weighted by molar-refractivity contribution is -0.116. The largest absolute Gasteiger partial charge is 0.324 e. The highest BCUT2D eigenvalue weighted by atomic mass is 16.2. The zero-order valence-electron chi connectivity index (χ0n) is 17.4. The average Bonchev–Trinajstić information content (AvgIpc) is 3.14. The Morgan fingerprint density at radius 2 is 1.87 bits per heavy atom. The van der Waals surface area contributed by atoms with Gasteiger partial charge in [0.15, 0.2) is 5.65 Å². The molecule has 0 aliphatic carbocycles. The maximum absolute atomic E-state index is 12.9. The summed E-state index contributed by atoms with van der Waals surface area (Å²) in [6, 6.07) is 11.8. The predicted molar refractivity (Wildman–Crippen MR) is 117 cm³/mol. The number of aromatic nitrogens is 4. The van der Waals surface area contributed by atoms with Crippen molar-refractivity contribution in [1.82, 2.24) is 19.3 Å². The van der Waals surface area contributed by atoms with Crippen molar-refractivity contribution in [3.05, 3.63) is 81.5 Å². The normalized spacial score (nSPS) is 11.1. The van der Waals surface area contributed by atoms with Crippen LogP contribution in [0, 0.1) is 27.7 Å². The summed E-state index contributed by atoms with van der Waals surface area (Å²) in [6.07, 6.45) is 2.90. The van der Waals surface area contributed by atoms with Crippen LogP contribution in [0.4, 0.5) is 5.69 Å². The molecular formula is C23H23N5O2. The Kier molecular flexibility index (Phi) is 4.95. The molecule has 2 aromatic carbocycles. The third-order valence-corrected chi connectivity index (χ3v) is 5.34. The SMILES string of the molecule is Cc1ccc(C)c(NC(=O)Cn2cnc3c(cnn3-c3cccc(C)c3C)c2=O)c1. The van der Waals surface area contributed by atoms with Crippen molar-refractivity contribution in [2.24, 2.45) is 0 Å². The van der Waals surface area contributed by atoms with Gasteiger partial charge in [-0.3, -0.25) is 14.2 Å². The highest BCUT2D eigenvalue weighted by Gasteiger charge is 2.15. The first-order valence-corrected chi connectivity index (χ1v) is 9.72. The Balaban J connectivity index is 1.65. The maximum Gasteiger partial charge on any atom is 0.264 e. The van der Waals surface area contributed by atoms with Crippen molar-refractivity contribution < 1.29 is 4.79 Å². The van der Waals surface area contributed by atoms with Crippen LogP contribution in [0.2, 0.25) is 0 Å². The van der Waals surface area contributed by atoms with Gasteiger partial charge in [-0.1, -0.05) is 24.3 Å². The van der Waals surface area contributed by atoms with E-state index in [0.717, 1.165) is 33.6 Å². The standard InChI is InChI=1S/C23H23N5O2/c1-14-8-9-16(3)19(10-14)26-21(29)12-27-13-24-22-18(23(27)30)11-25-28(22)20-7-5-6-15(2)17(20)4/h5-11,13H,12H2,1-4H3,(H,26,29). The zero-order valence-corrected chi connectivity index (χ0v) is 17.4. The molecule has 1 N–H and O–H groups in total. The summed E-state index contributed by atoms with van der Waals surface area (Å²) in [4.78, 5) is 29.9. The summed E-state index contributed by atoms with van der Waals surface area (Å²) < 4.78 is 2.97. The minimum atomic E-state index is -0.298. The van der Waals surface area contributed by atoms with Crippen molar-refractivity contribution in [2.75, 3.05) is 5.32 Å². The molecule has 0 saturated carbocycles. The molecule has 4 aromatic rings. The number of benzene rings is 2. The van der Waals surface area contributed by atoms with Gasteiger partial charge in [-0.25, -0.2) is 9.67 Å². The van der Waals surface area contributed by atoms with Crippen LogP contribution in [0.3, 0.4) is 0 Å². The molecule has 0 fully saturated rings. The van der Waals surface area contributed by atoms with E-state index in [1.165, 1.54) is 17.1 Å². The van der Waals surface area contributed by atoms with Crippen LogP contribution in [0.15, 0.2) is 53.7 Å². The number of carbonyl (C=O) groups is 1. The topological polar surface area (TPSA) is 81.8 Å². The summed E-state index contributed by atoms with van der Waals surface area (Å²) in [5.74, 6) is -0.283. The number of anilines is 1. The zero-order chi connectivity index (χ0) is 21.4. The molecule has 0 aliphatic rings. The number of hydrogen-bond acceptors (Lipinski definition) is 4. The number of nitrogens with one attached hydrogen (secondary N) is 1. The summed E-state index contributed by atoms with van der Waals surface area (Å²) in [7, 11) is 0. The van der Waals surface area contributed by atoms with Crippen molar-refractivity contribution in [2.45, 2.75) is 34.2 Å². The quantitative estimate of drug-likeness (QED) is 0.568. The van der Waals surface area contributed by atoms with Crippen molar-refractivity contribution in [3.63, 3.8) is 0 Å². The van der Waals surface area contributed by atoms with Gasteiger partial charge in [0.05, 0.1) is 11.9 Å². The van der Waals surface area contributed by atoms with E-state index in [9.17, 15) is 9.59 Å². The van der Waals surface area contributed by atoms with Crippen molar-refractivity contribution in [1.29, 1.82) is 0 Å². The molecule has 0 spiro atoms. The Morgan fingerprint density at radius 3 is 2.67 bits per heavy atom. The number of amides is 1. The molecule has 7 heteroatoms. The molecule has 0 radical (unpaired) electrons. The Bertz CT molecular complexity index is 1330. The molecule has 0 unspecified atom stereocenters. The second-order valence-electron chi connectivity index (χ2n) is 7.56. The Morgan fingerprint density at radius 1 is 1.07 bits per heavy atom. The minimum absolute atomic E-state index is 0.121. The highest BCUT2D eigenvalue weighted by Crippen LogP contribution is 2.20. The number of carbonyl (C=O) groups excluding carboxylic acids is 1. The summed E-state index contributed by atoms with van der Waals surface area (Å²) in [5.41, 5.74) is 6.01. The summed E-state index contributed by atoms with van der Waals surface area (Å²) >= 11 is 0. The van der Waals surface area contributed by atoms with Gasteiger partial charge in [0.1, 0.15) is 18.3 Å². The van der Waals surface area contributed by atoms with Crippen LogP contribution in [-0.2, 0) is 11.3 Å². The average molecular weight is 401 g/mol. The van der Waals surface area contributed by atoms with E-state index in [2.05, 4.69) is 15.4 Å². The van der Waals surface area contributed by atoms with E-state index in [4.69, 9.17) is 0 Å². The van der Waals surface area contributed by atoms with Crippen LogP contribution in [0.5, 0.6) is 0 Å². The molecule has 30 heavy (non-hydrogen) atoms. The molecule has 4 rings (SSSR count).